The summed E-state index contributed by atoms with van der Waals surface area (Å²) in [5.41, 5.74) is 1.57. The fraction of sp³-hybridized carbons (Fsp3) is 0.0909. The van der Waals surface area contributed by atoms with E-state index in [4.69, 9.17) is 4.74 Å². The zero-order chi connectivity index (χ0) is 21.1. The maximum absolute atomic E-state index is 12.8. The second-order valence-corrected chi connectivity index (χ2v) is 8.61. The summed E-state index contributed by atoms with van der Waals surface area (Å²) >= 11 is 0. The Hall–Kier alpha value is -3.65. The molecule has 1 heterocycles. The van der Waals surface area contributed by atoms with Crippen LogP contribution in [0.4, 0.5) is 5.69 Å². The van der Waals surface area contributed by atoms with Crippen molar-refractivity contribution in [3.05, 3.63) is 78.9 Å². The topological polar surface area (TPSA) is 90.3 Å². The van der Waals surface area contributed by atoms with Gasteiger partial charge in [-0.25, -0.2) is 13.4 Å². The van der Waals surface area contributed by atoms with E-state index in [-0.39, 0.29) is 11.7 Å². The maximum Gasteiger partial charge on any atom is 0.244 e. The first-order valence-corrected chi connectivity index (χ1v) is 11.1. The molecular weight excluding hydrogens is 402 g/mol. The predicted molar refractivity (Wildman–Crippen MR) is 114 cm³/mol. The van der Waals surface area contributed by atoms with Gasteiger partial charge in [-0.15, -0.1) is 0 Å². The van der Waals surface area contributed by atoms with Crippen molar-refractivity contribution in [1.29, 1.82) is 0 Å². The highest BCUT2D eigenvalue weighted by Crippen LogP contribution is 2.29. The number of anilines is 1. The molecule has 4 aromatic rings. The molecule has 7 nitrogen and oxygen atoms in total. The largest absolute Gasteiger partial charge is 0.455 e. The maximum atomic E-state index is 12.8. The number of ether oxygens (including phenoxy) is 1. The van der Waals surface area contributed by atoms with Gasteiger partial charge in [0.2, 0.25) is 20.9 Å². The summed E-state index contributed by atoms with van der Waals surface area (Å²) in [5.74, 6) is 0.724. The summed E-state index contributed by atoms with van der Waals surface area (Å²) in [7, 11) is -3.62. The molecule has 0 aliphatic rings. The van der Waals surface area contributed by atoms with E-state index in [1.807, 2.05) is 30.3 Å². The SMILES string of the molecule is CS(=O)(=O)c1nc2ccccc2n1CC(=O)Nc1ccccc1Oc1ccccc1. The van der Waals surface area contributed by atoms with Crippen LogP contribution >= 0.6 is 0 Å². The molecule has 0 saturated carbocycles. The molecule has 0 atom stereocenters. The Kier molecular flexibility index (Phi) is 5.24. The van der Waals surface area contributed by atoms with Crippen LogP contribution in [0.1, 0.15) is 0 Å². The number of para-hydroxylation sites is 5. The van der Waals surface area contributed by atoms with Gasteiger partial charge in [0.15, 0.2) is 5.75 Å². The number of rotatable bonds is 6. The third kappa shape index (κ3) is 4.18. The molecule has 0 fully saturated rings. The van der Waals surface area contributed by atoms with Crippen molar-refractivity contribution >= 4 is 32.5 Å². The number of imidazole rings is 1. The summed E-state index contributed by atoms with van der Waals surface area (Å²) in [6, 6.07) is 23.3. The first-order valence-electron chi connectivity index (χ1n) is 9.19. The number of benzene rings is 3. The lowest BCUT2D eigenvalue weighted by molar-refractivity contribution is -0.116. The lowest BCUT2D eigenvalue weighted by Crippen LogP contribution is -2.21. The predicted octanol–water partition coefficient (Wildman–Crippen LogP) is 3.87. The van der Waals surface area contributed by atoms with E-state index >= 15 is 0 Å². The molecule has 0 spiro atoms. The van der Waals surface area contributed by atoms with Gasteiger partial charge in [-0.05, 0) is 36.4 Å². The van der Waals surface area contributed by atoms with Gasteiger partial charge < -0.3 is 14.6 Å². The molecule has 1 N–H and O–H groups in total. The second kappa shape index (κ2) is 8.00. The van der Waals surface area contributed by atoms with Crippen LogP contribution < -0.4 is 10.1 Å². The van der Waals surface area contributed by atoms with Crippen molar-refractivity contribution in [2.24, 2.45) is 0 Å². The molecule has 30 heavy (non-hydrogen) atoms. The summed E-state index contributed by atoms with van der Waals surface area (Å²) < 4.78 is 31.6. The Morgan fingerprint density at radius 3 is 2.40 bits per heavy atom. The normalized spacial score (nSPS) is 11.4. The highest BCUT2D eigenvalue weighted by molar-refractivity contribution is 7.90. The van der Waals surface area contributed by atoms with Crippen LogP contribution in [-0.4, -0.2) is 30.1 Å². The van der Waals surface area contributed by atoms with Crippen LogP contribution in [0.15, 0.2) is 84.0 Å². The smallest absolute Gasteiger partial charge is 0.244 e. The third-order valence-corrected chi connectivity index (χ3v) is 5.36. The number of hydrogen-bond acceptors (Lipinski definition) is 5. The molecule has 1 aromatic heterocycles. The number of fused-ring (bicyclic) bond motifs is 1. The zero-order valence-corrected chi connectivity index (χ0v) is 17.0. The van der Waals surface area contributed by atoms with Gasteiger partial charge in [0.05, 0.1) is 16.7 Å². The Morgan fingerprint density at radius 2 is 1.63 bits per heavy atom. The Bertz CT molecular complexity index is 1310. The van der Waals surface area contributed by atoms with E-state index < -0.39 is 15.7 Å². The molecule has 0 aliphatic heterocycles. The van der Waals surface area contributed by atoms with E-state index in [1.54, 1.807) is 48.5 Å². The highest BCUT2D eigenvalue weighted by atomic mass is 32.2. The number of amides is 1. The molecule has 3 aromatic carbocycles. The fourth-order valence-electron chi connectivity index (χ4n) is 3.10. The van der Waals surface area contributed by atoms with Crippen molar-refractivity contribution in [2.45, 2.75) is 11.7 Å². The zero-order valence-electron chi connectivity index (χ0n) is 16.1. The number of aromatic nitrogens is 2. The monoisotopic (exact) mass is 421 g/mol. The van der Waals surface area contributed by atoms with Gasteiger partial charge >= 0.3 is 0 Å². The number of hydrogen-bond donors (Lipinski definition) is 1. The molecular formula is C22H19N3O4S. The molecule has 4 rings (SSSR count). The van der Waals surface area contributed by atoms with Crippen molar-refractivity contribution < 1.29 is 17.9 Å². The van der Waals surface area contributed by atoms with Crippen LogP contribution in [-0.2, 0) is 21.2 Å². The van der Waals surface area contributed by atoms with Crippen molar-refractivity contribution in [2.75, 3.05) is 11.6 Å². The van der Waals surface area contributed by atoms with Crippen LogP contribution in [0.25, 0.3) is 11.0 Å². The molecule has 0 bridgehead atoms. The van der Waals surface area contributed by atoms with Crippen LogP contribution in [0.3, 0.4) is 0 Å². The van der Waals surface area contributed by atoms with Gasteiger partial charge in [-0.2, -0.15) is 0 Å². The summed E-state index contributed by atoms with van der Waals surface area (Å²) in [6.45, 7) is -0.206. The summed E-state index contributed by atoms with van der Waals surface area (Å²) in [6.07, 6.45) is 1.08. The molecule has 0 radical (unpaired) electrons. The summed E-state index contributed by atoms with van der Waals surface area (Å²) in [4.78, 5) is 17.0. The van der Waals surface area contributed by atoms with Crippen LogP contribution in [0.5, 0.6) is 11.5 Å². The molecule has 0 unspecified atom stereocenters. The van der Waals surface area contributed by atoms with Gasteiger partial charge in [0.1, 0.15) is 12.3 Å². The van der Waals surface area contributed by atoms with E-state index in [0.717, 1.165) is 6.26 Å². The minimum atomic E-state index is -3.62. The summed E-state index contributed by atoms with van der Waals surface area (Å²) in [5, 5.41) is 2.66. The number of nitrogens with zero attached hydrogens (tertiary/aromatic N) is 2. The Morgan fingerprint density at radius 1 is 0.967 bits per heavy atom. The second-order valence-electron chi connectivity index (χ2n) is 6.70. The third-order valence-electron chi connectivity index (χ3n) is 4.39. The van der Waals surface area contributed by atoms with Gasteiger partial charge in [0, 0.05) is 6.26 Å². The van der Waals surface area contributed by atoms with Gasteiger partial charge in [-0.3, -0.25) is 4.79 Å². The molecule has 0 saturated heterocycles. The quantitative estimate of drug-likeness (QED) is 0.510. The number of sulfone groups is 1. The van der Waals surface area contributed by atoms with Crippen molar-refractivity contribution in [3.8, 4) is 11.5 Å². The van der Waals surface area contributed by atoms with Crippen LogP contribution in [0.2, 0.25) is 0 Å². The number of carbonyl (C=O) groups is 1. The van der Waals surface area contributed by atoms with Gasteiger partial charge in [-0.1, -0.05) is 42.5 Å². The number of carbonyl (C=O) groups excluding carboxylic acids is 1. The molecule has 8 heteroatoms. The highest BCUT2D eigenvalue weighted by Gasteiger charge is 2.21. The van der Waals surface area contributed by atoms with E-state index in [0.29, 0.717) is 28.2 Å². The first kappa shape index (κ1) is 19.7. The standard InChI is InChI=1S/C22H19N3O4S/c1-30(27,28)22-24-17-11-5-7-13-19(17)25(22)15-21(26)23-18-12-6-8-14-20(18)29-16-9-3-2-4-10-16/h2-14H,15H2,1H3,(H,23,26). The number of nitrogens with one attached hydrogen (secondary N) is 1. The Balaban J connectivity index is 1.61. The average molecular weight is 421 g/mol. The molecule has 0 aliphatic carbocycles. The lowest BCUT2D eigenvalue weighted by Gasteiger charge is -2.13. The van der Waals surface area contributed by atoms with E-state index in [9.17, 15) is 13.2 Å². The molecule has 1 amide bonds. The average Bonchev–Trinajstić information content (AvgIpc) is 3.09. The Labute approximate surface area is 173 Å². The first-order chi connectivity index (χ1) is 14.4. The van der Waals surface area contributed by atoms with Crippen molar-refractivity contribution in [3.63, 3.8) is 0 Å². The van der Waals surface area contributed by atoms with Crippen LogP contribution in [0, 0.1) is 0 Å². The fourth-order valence-corrected chi connectivity index (χ4v) is 3.92. The van der Waals surface area contributed by atoms with E-state index in [2.05, 4.69) is 10.3 Å². The minimum Gasteiger partial charge on any atom is -0.455 e. The van der Waals surface area contributed by atoms with Crippen molar-refractivity contribution in [1.82, 2.24) is 9.55 Å². The minimum absolute atomic E-state index is 0.146. The molecule has 152 valence electrons. The van der Waals surface area contributed by atoms with Gasteiger partial charge in [0.25, 0.3) is 0 Å². The lowest BCUT2D eigenvalue weighted by atomic mass is 10.2. The van der Waals surface area contributed by atoms with E-state index in [1.165, 1.54) is 4.57 Å².